The Morgan fingerprint density at radius 3 is 2.63 bits per heavy atom. The molecule has 0 aliphatic rings. The van der Waals surface area contributed by atoms with Gasteiger partial charge < -0.3 is 14.0 Å². The van der Waals surface area contributed by atoms with E-state index in [1.165, 1.54) is 0 Å². The van der Waals surface area contributed by atoms with Crippen LogP contribution in [-0.4, -0.2) is 36.3 Å². The number of methoxy groups -OCH3 is 1. The number of nitrogens with zero attached hydrogens (tertiary/aromatic N) is 3. The Hall–Kier alpha value is -1.60. The molecule has 0 fully saturated rings. The highest BCUT2D eigenvalue weighted by atomic mass is 35.5. The Balaban J connectivity index is 1.96. The minimum absolute atomic E-state index is 0.165. The van der Waals surface area contributed by atoms with Crippen LogP contribution in [0.3, 0.4) is 0 Å². The van der Waals surface area contributed by atoms with Gasteiger partial charge in [0.15, 0.2) is 0 Å². The van der Waals surface area contributed by atoms with Gasteiger partial charge in [-0.2, -0.15) is 4.98 Å². The van der Waals surface area contributed by atoms with E-state index >= 15 is 0 Å². The fourth-order valence-electron chi connectivity index (χ4n) is 2.73. The SMILES string of the molecule is COc1cccc(-c2nc(Cl)nc3c2c(Cl)cn3COCC[Si](C)(C)C)c1. The summed E-state index contributed by atoms with van der Waals surface area (Å²) in [7, 11) is 0.494. The second-order valence-corrected chi connectivity index (χ2v) is 13.9. The van der Waals surface area contributed by atoms with E-state index in [-0.39, 0.29) is 5.28 Å². The third kappa shape index (κ3) is 4.82. The molecule has 1 aromatic carbocycles. The fourth-order valence-corrected chi connectivity index (χ4v) is 3.94. The van der Waals surface area contributed by atoms with Gasteiger partial charge in [0.25, 0.3) is 0 Å². The lowest BCUT2D eigenvalue weighted by Crippen LogP contribution is -2.22. The van der Waals surface area contributed by atoms with Crippen LogP contribution in [0.2, 0.25) is 36.0 Å². The van der Waals surface area contributed by atoms with Crippen LogP contribution < -0.4 is 4.74 Å². The third-order valence-electron chi connectivity index (χ3n) is 4.21. The summed E-state index contributed by atoms with van der Waals surface area (Å²) in [6, 6.07) is 8.72. The number of ether oxygens (including phenoxy) is 2. The first-order valence-electron chi connectivity index (χ1n) is 8.72. The molecule has 27 heavy (non-hydrogen) atoms. The van der Waals surface area contributed by atoms with E-state index in [0.29, 0.717) is 29.7 Å². The van der Waals surface area contributed by atoms with Gasteiger partial charge in [0, 0.05) is 26.4 Å². The molecule has 0 unspecified atom stereocenters. The number of hydrogen-bond acceptors (Lipinski definition) is 4. The van der Waals surface area contributed by atoms with Crippen molar-refractivity contribution < 1.29 is 9.47 Å². The minimum atomic E-state index is -1.13. The summed E-state index contributed by atoms with van der Waals surface area (Å²) in [6.45, 7) is 8.07. The third-order valence-corrected chi connectivity index (χ3v) is 6.37. The molecular weight excluding hydrogens is 401 g/mol. The van der Waals surface area contributed by atoms with Crippen LogP contribution in [-0.2, 0) is 11.5 Å². The number of aromatic nitrogens is 3. The van der Waals surface area contributed by atoms with E-state index in [2.05, 4.69) is 29.6 Å². The van der Waals surface area contributed by atoms with Crippen LogP contribution in [0.1, 0.15) is 0 Å². The van der Waals surface area contributed by atoms with Crippen molar-refractivity contribution in [1.29, 1.82) is 0 Å². The van der Waals surface area contributed by atoms with E-state index in [0.717, 1.165) is 22.7 Å². The second-order valence-electron chi connectivity index (χ2n) is 7.57. The average molecular weight is 424 g/mol. The van der Waals surface area contributed by atoms with E-state index < -0.39 is 8.07 Å². The first-order valence-corrected chi connectivity index (χ1v) is 13.2. The largest absolute Gasteiger partial charge is 0.497 e. The molecule has 2 heterocycles. The highest BCUT2D eigenvalue weighted by Crippen LogP contribution is 2.35. The van der Waals surface area contributed by atoms with E-state index in [1.807, 2.05) is 35.0 Å². The summed E-state index contributed by atoms with van der Waals surface area (Å²) in [4.78, 5) is 8.80. The van der Waals surface area contributed by atoms with Crippen LogP contribution in [0, 0.1) is 0 Å². The van der Waals surface area contributed by atoms with Crippen LogP contribution in [0.4, 0.5) is 0 Å². The van der Waals surface area contributed by atoms with Crippen molar-refractivity contribution in [2.45, 2.75) is 32.4 Å². The molecule has 144 valence electrons. The first-order chi connectivity index (χ1) is 12.8. The maximum absolute atomic E-state index is 6.52. The number of rotatable bonds is 7. The summed E-state index contributed by atoms with van der Waals surface area (Å²) >= 11 is 12.7. The Bertz CT molecular complexity index is 954. The number of benzene rings is 1. The molecule has 0 aliphatic heterocycles. The molecule has 0 atom stereocenters. The zero-order valence-electron chi connectivity index (χ0n) is 15.9. The molecular formula is C19H23Cl2N3O2Si. The molecule has 0 spiro atoms. The summed E-state index contributed by atoms with van der Waals surface area (Å²) in [5.41, 5.74) is 2.20. The summed E-state index contributed by atoms with van der Waals surface area (Å²) in [6.07, 6.45) is 1.81. The lowest BCUT2D eigenvalue weighted by molar-refractivity contribution is 0.0899. The molecule has 0 bridgehead atoms. The standard InChI is InChI=1S/C19H23Cl2N3O2Si/c1-25-14-7-5-6-13(10-14)17-16-15(20)11-24(18(16)23-19(21)22-17)12-26-8-9-27(2,3)4/h5-7,10-11H,8-9,12H2,1-4H3. The average Bonchev–Trinajstić information content (AvgIpc) is 2.93. The van der Waals surface area contributed by atoms with Gasteiger partial charge in [-0.25, -0.2) is 4.98 Å². The predicted molar refractivity (Wildman–Crippen MR) is 114 cm³/mol. The lowest BCUT2D eigenvalue weighted by atomic mass is 10.1. The molecule has 5 nitrogen and oxygen atoms in total. The molecule has 3 aromatic rings. The van der Waals surface area contributed by atoms with E-state index in [4.69, 9.17) is 32.7 Å². The van der Waals surface area contributed by atoms with Crippen molar-refractivity contribution in [1.82, 2.24) is 14.5 Å². The van der Waals surface area contributed by atoms with Crippen molar-refractivity contribution >= 4 is 42.3 Å². The molecule has 0 saturated heterocycles. The Morgan fingerprint density at radius 2 is 1.93 bits per heavy atom. The van der Waals surface area contributed by atoms with Crippen LogP contribution in [0.5, 0.6) is 5.75 Å². The molecule has 0 aliphatic carbocycles. The molecule has 0 radical (unpaired) electrons. The quantitative estimate of drug-likeness (QED) is 0.276. The molecule has 0 saturated carbocycles. The second kappa shape index (κ2) is 8.18. The van der Waals surface area contributed by atoms with E-state index in [9.17, 15) is 0 Å². The summed E-state index contributed by atoms with van der Waals surface area (Å²) in [5, 5.41) is 1.48. The van der Waals surface area contributed by atoms with Crippen LogP contribution in [0.15, 0.2) is 30.5 Å². The Kier molecular flexibility index (Phi) is 6.10. The van der Waals surface area contributed by atoms with Gasteiger partial charge in [0.1, 0.15) is 18.1 Å². The van der Waals surface area contributed by atoms with Gasteiger partial charge in [0.2, 0.25) is 5.28 Å². The highest BCUT2D eigenvalue weighted by Gasteiger charge is 2.18. The fraction of sp³-hybridized carbons (Fsp3) is 0.368. The van der Waals surface area contributed by atoms with Gasteiger partial charge in [0.05, 0.1) is 23.2 Å². The predicted octanol–water partition coefficient (Wildman–Crippen LogP) is 5.73. The number of halogens is 2. The van der Waals surface area contributed by atoms with Gasteiger partial charge in [-0.15, -0.1) is 0 Å². The topological polar surface area (TPSA) is 49.2 Å². The molecule has 0 N–H and O–H groups in total. The van der Waals surface area contributed by atoms with Gasteiger partial charge in [-0.3, -0.25) is 0 Å². The number of hydrogen-bond donors (Lipinski definition) is 0. The summed E-state index contributed by atoms with van der Waals surface area (Å²) in [5.74, 6) is 0.737. The Morgan fingerprint density at radius 1 is 1.15 bits per heavy atom. The maximum atomic E-state index is 6.52. The Labute approximate surface area is 170 Å². The van der Waals surface area contributed by atoms with Crippen molar-refractivity contribution in [2.24, 2.45) is 0 Å². The van der Waals surface area contributed by atoms with Crippen LogP contribution in [0.25, 0.3) is 22.3 Å². The molecule has 0 amide bonds. The minimum Gasteiger partial charge on any atom is -0.497 e. The summed E-state index contributed by atoms with van der Waals surface area (Å²) < 4.78 is 13.0. The van der Waals surface area contributed by atoms with Gasteiger partial charge in [-0.05, 0) is 29.8 Å². The van der Waals surface area contributed by atoms with Crippen molar-refractivity contribution in [2.75, 3.05) is 13.7 Å². The highest BCUT2D eigenvalue weighted by molar-refractivity contribution is 6.76. The van der Waals surface area contributed by atoms with Gasteiger partial charge >= 0.3 is 0 Å². The van der Waals surface area contributed by atoms with Gasteiger partial charge in [-0.1, -0.05) is 43.4 Å². The van der Waals surface area contributed by atoms with Crippen molar-refractivity contribution in [3.05, 3.63) is 40.8 Å². The normalized spacial score (nSPS) is 11.9. The smallest absolute Gasteiger partial charge is 0.224 e. The maximum Gasteiger partial charge on any atom is 0.224 e. The van der Waals surface area contributed by atoms with Crippen molar-refractivity contribution in [3.8, 4) is 17.0 Å². The molecule has 8 heteroatoms. The molecule has 3 rings (SSSR count). The number of fused-ring (bicyclic) bond motifs is 1. The van der Waals surface area contributed by atoms with Crippen LogP contribution >= 0.6 is 23.2 Å². The lowest BCUT2D eigenvalue weighted by Gasteiger charge is -2.15. The first kappa shape index (κ1) is 20.1. The monoisotopic (exact) mass is 423 g/mol. The van der Waals surface area contributed by atoms with E-state index in [1.54, 1.807) is 7.11 Å². The zero-order chi connectivity index (χ0) is 19.6. The van der Waals surface area contributed by atoms with Crippen molar-refractivity contribution in [3.63, 3.8) is 0 Å². The zero-order valence-corrected chi connectivity index (χ0v) is 18.4. The molecule has 2 aromatic heterocycles.